The molecule has 2 amide bonds. The van der Waals surface area contributed by atoms with Crippen LogP contribution in [-0.4, -0.2) is 39.9 Å². The van der Waals surface area contributed by atoms with Crippen LogP contribution in [0.4, 0.5) is 11.5 Å². The molecule has 2 rings (SSSR count). The van der Waals surface area contributed by atoms with E-state index in [2.05, 4.69) is 15.0 Å². The smallest absolute Gasteiger partial charge is 0.270 e. The second kappa shape index (κ2) is 9.13. The van der Waals surface area contributed by atoms with Crippen LogP contribution in [0.3, 0.4) is 0 Å². The summed E-state index contributed by atoms with van der Waals surface area (Å²) in [6, 6.07) is 5.09. The Bertz CT molecular complexity index is 823. The van der Waals surface area contributed by atoms with E-state index < -0.39 is 16.7 Å². The molecular formula is C17H19ClN4O5. The van der Waals surface area contributed by atoms with Crippen LogP contribution in [0.15, 0.2) is 35.1 Å². The minimum Gasteiger partial charge on any atom is -0.363 e. The molecule has 27 heavy (non-hydrogen) atoms. The molecule has 0 unspecified atom stereocenters. The second-order valence-electron chi connectivity index (χ2n) is 6.26. The fourth-order valence-electron chi connectivity index (χ4n) is 2.26. The molecule has 10 heteroatoms. The van der Waals surface area contributed by atoms with E-state index in [-0.39, 0.29) is 28.6 Å². The molecule has 0 aliphatic carbocycles. The first-order valence-electron chi connectivity index (χ1n) is 8.21. The molecule has 1 heterocycles. The molecule has 0 fully saturated rings. The van der Waals surface area contributed by atoms with Crippen LogP contribution in [0.25, 0.3) is 0 Å². The Balaban J connectivity index is 2.17. The number of rotatable bonds is 8. The van der Waals surface area contributed by atoms with Gasteiger partial charge in [0.1, 0.15) is 12.8 Å². The van der Waals surface area contributed by atoms with Crippen molar-refractivity contribution in [1.82, 2.24) is 10.1 Å². The van der Waals surface area contributed by atoms with Crippen molar-refractivity contribution in [3.63, 3.8) is 0 Å². The van der Waals surface area contributed by atoms with Crippen LogP contribution >= 0.6 is 11.6 Å². The lowest BCUT2D eigenvalue weighted by Gasteiger charge is -2.23. The van der Waals surface area contributed by atoms with Gasteiger partial charge in [0.25, 0.3) is 11.6 Å². The lowest BCUT2D eigenvalue weighted by Crippen LogP contribution is -2.39. The molecule has 9 nitrogen and oxygen atoms in total. The van der Waals surface area contributed by atoms with Crippen molar-refractivity contribution >= 4 is 34.9 Å². The lowest BCUT2D eigenvalue weighted by molar-refractivity contribution is -0.384. The zero-order valence-electron chi connectivity index (χ0n) is 14.8. The topological polar surface area (TPSA) is 119 Å². The summed E-state index contributed by atoms with van der Waals surface area (Å²) >= 11 is 6.05. The van der Waals surface area contributed by atoms with E-state index in [4.69, 9.17) is 11.6 Å². The van der Waals surface area contributed by atoms with E-state index in [9.17, 15) is 19.7 Å². The van der Waals surface area contributed by atoms with Crippen molar-refractivity contribution in [2.24, 2.45) is 5.92 Å². The third-order valence-electron chi connectivity index (χ3n) is 3.70. The van der Waals surface area contributed by atoms with Gasteiger partial charge in [-0.15, -0.1) is 0 Å². The molecule has 2 aromatic rings. The predicted octanol–water partition coefficient (Wildman–Crippen LogP) is 3.36. The number of nitrogens with one attached hydrogen (secondary N) is 1. The summed E-state index contributed by atoms with van der Waals surface area (Å²) in [5.41, 5.74) is -0.116. The summed E-state index contributed by atoms with van der Waals surface area (Å²) in [7, 11) is 0. The highest BCUT2D eigenvalue weighted by molar-refractivity contribution is 6.34. The summed E-state index contributed by atoms with van der Waals surface area (Å²) in [5.74, 6) is -0.374. The summed E-state index contributed by atoms with van der Waals surface area (Å²) in [5, 5.41) is 16.9. The highest BCUT2D eigenvalue weighted by Gasteiger charge is 2.23. The van der Waals surface area contributed by atoms with Gasteiger partial charge in [0.2, 0.25) is 5.91 Å². The minimum atomic E-state index is -0.595. The van der Waals surface area contributed by atoms with Gasteiger partial charge in [0, 0.05) is 24.7 Å². The van der Waals surface area contributed by atoms with Gasteiger partial charge < -0.3 is 14.7 Å². The Morgan fingerprint density at radius 3 is 2.67 bits per heavy atom. The highest BCUT2D eigenvalue weighted by atomic mass is 35.5. The molecule has 1 aromatic carbocycles. The van der Waals surface area contributed by atoms with Crippen LogP contribution in [0.5, 0.6) is 0 Å². The van der Waals surface area contributed by atoms with E-state index in [1.165, 1.54) is 29.4 Å². The quantitative estimate of drug-likeness (QED) is 0.541. The highest BCUT2D eigenvalue weighted by Crippen LogP contribution is 2.24. The first-order valence-corrected chi connectivity index (χ1v) is 8.59. The van der Waals surface area contributed by atoms with Crippen LogP contribution < -0.4 is 5.32 Å². The van der Waals surface area contributed by atoms with Crippen LogP contribution in [-0.2, 0) is 4.79 Å². The number of carbonyl (C=O) groups excluding carboxylic acids is 2. The van der Waals surface area contributed by atoms with E-state index in [0.717, 1.165) is 6.07 Å². The molecular weight excluding hydrogens is 376 g/mol. The fraction of sp³-hybridized carbons (Fsp3) is 0.353. The van der Waals surface area contributed by atoms with Gasteiger partial charge >= 0.3 is 0 Å². The average molecular weight is 395 g/mol. The first-order chi connectivity index (χ1) is 12.8. The van der Waals surface area contributed by atoms with Crippen molar-refractivity contribution in [3.8, 4) is 0 Å². The van der Waals surface area contributed by atoms with Crippen molar-refractivity contribution in [2.45, 2.75) is 20.3 Å². The van der Waals surface area contributed by atoms with Gasteiger partial charge in [-0.25, -0.2) is 0 Å². The van der Waals surface area contributed by atoms with Crippen LogP contribution in [0.1, 0.15) is 30.6 Å². The lowest BCUT2D eigenvalue weighted by atomic mass is 10.1. The van der Waals surface area contributed by atoms with Crippen molar-refractivity contribution in [3.05, 3.63) is 51.2 Å². The molecule has 1 N–H and O–H groups in total. The normalized spacial score (nSPS) is 10.7. The third-order valence-corrected chi connectivity index (χ3v) is 4.01. The Morgan fingerprint density at radius 1 is 1.37 bits per heavy atom. The Kier molecular flexibility index (Phi) is 6.89. The molecule has 0 spiro atoms. The van der Waals surface area contributed by atoms with Crippen LogP contribution in [0, 0.1) is 16.0 Å². The first kappa shape index (κ1) is 20.4. The monoisotopic (exact) mass is 394 g/mol. The van der Waals surface area contributed by atoms with Gasteiger partial charge in [-0.1, -0.05) is 30.6 Å². The Hall–Kier alpha value is -2.94. The zero-order chi connectivity index (χ0) is 20.0. The van der Waals surface area contributed by atoms with Gasteiger partial charge in [-0.2, -0.15) is 0 Å². The molecule has 0 saturated carbocycles. The van der Waals surface area contributed by atoms with Crippen molar-refractivity contribution in [2.75, 3.05) is 18.4 Å². The maximum atomic E-state index is 12.9. The number of hydrogen-bond acceptors (Lipinski definition) is 6. The number of amides is 2. The molecule has 0 bridgehead atoms. The number of carbonyl (C=O) groups is 2. The van der Waals surface area contributed by atoms with E-state index in [1.807, 2.05) is 13.8 Å². The fourth-order valence-corrected chi connectivity index (χ4v) is 2.52. The maximum Gasteiger partial charge on any atom is 0.270 e. The van der Waals surface area contributed by atoms with Gasteiger partial charge in [0.15, 0.2) is 5.82 Å². The molecule has 0 radical (unpaired) electrons. The number of hydrogen-bond donors (Lipinski definition) is 1. The number of halogens is 1. The van der Waals surface area contributed by atoms with Crippen LogP contribution in [0.2, 0.25) is 5.02 Å². The number of aromatic nitrogens is 1. The number of anilines is 1. The third kappa shape index (κ3) is 5.78. The van der Waals surface area contributed by atoms with E-state index >= 15 is 0 Å². The number of benzene rings is 1. The largest absolute Gasteiger partial charge is 0.363 e. The Labute approximate surface area is 160 Å². The van der Waals surface area contributed by atoms with Crippen molar-refractivity contribution < 1.29 is 19.0 Å². The van der Waals surface area contributed by atoms with Gasteiger partial charge in [-0.3, -0.25) is 19.7 Å². The minimum absolute atomic E-state index is 0.0411. The zero-order valence-corrected chi connectivity index (χ0v) is 15.6. The maximum absolute atomic E-state index is 12.9. The summed E-state index contributed by atoms with van der Waals surface area (Å²) < 4.78 is 4.64. The Morgan fingerprint density at radius 2 is 2.11 bits per heavy atom. The predicted molar refractivity (Wildman–Crippen MR) is 98.6 cm³/mol. The number of nitrogens with zero attached hydrogens (tertiary/aromatic N) is 3. The number of nitro benzene ring substituents is 1. The summed E-state index contributed by atoms with van der Waals surface area (Å²) in [6.07, 6.45) is 1.99. The van der Waals surface area contributed by atoms with Gasteiger partial charge in [-0.05, 0) is 18.4 Å². The average Bonchev–Trinajstić information content (AvgIpc) is 3.10. The van der Waals surface area contributed by atoms with Gasteiger partial charge in [0.05, 0.1) is 15.5 Å². The molecule has 144 valence electrons. The molecule has 0 atom stereocenters. The number of nitro groups is 1. The summed E-state index contributed by atoms with van der Waals surface area (Å²) in [4.78, 5) is 36.7. The van der Waals surface area contributed by atoms with E-state index in [0.29, 0.717) is 18.9 Å². The molecule has 0 saturated heterocycles. The number of non-ortho nitro benzene ring substituents is 1. The summed E-state index contributed by atoms with van der Waals surface area (Å²) in [6.45, 7) is 4.11. The van der Waals surface area contributed by atoms with Crippen molar-refractivity contribution in [1.29, 1.82) is 0 Å². The molecule has 1 aromatic heterocycles. The SMILES string of the molecule is CC(C)CCN(CC(=O)Nc1ccon1)C(=O)c1ccc([N+](=O)[O-])cc1Cl. The standard InChI is InChI=1S/C17H19ClN4O5/c1-11(2)5-7-21(10-16(23)19-15-6-8-27-20-15)17(24)13-4-3-12(22(25)26)9-14(13)18/h3-4,6,8-9,11H,5,7,10H2,1-2H3,(H,19,20,23). The van der Waals surface area contributed by atoms with E-state index in [1.54, 1.807) is 0 Å². The second-order valence-corrected chi connectivity index (χ2v) is 6.67. The molecule has 0 aliphatic heterocycles. The molecule has 0 aliphatic rings.